The first kappa shape index (κ1) is 11.5. The number of hydrogen-bond donors (Lipinski definition) is 2. The SMILES string of the molecule is CCOc1ccc(CNC(=O)CO)cc1. The number of carbonyl (C=O) groups is 1. The van der Waals surface area contributed by atoms with Crippen molar-refractivity contribution in [2.24, 2.45) is 0 Å². The van der Waals surface area contributed by atoms with E-state index < -0.39 is 6.61 Å². The summed E-state index contributed by atoms with van der Waals surface area (Å²) in [5.41, 5.74) is 0.972. The molecule has 0 saturated carbocycles. The lowest BCUT2D eigenvalue weighted by molar-refractivity contribution is -0.123. The van der Waals surface area contributed by atoms with E-state index in [4.69, 9.17) is 9.84 Å². The molecule has 82 valence electrons. The lowest BCUT2D eigenvalue weighted by Gasteiger charge is -2.05. The maximum absolute atomic E-state index is 10.8. The van der Waals surface area contributed by atoms with Gasteiger partial charge in [-0.25, -0.2) is 0 Å². The molecule has 0 spiro atoms. The lowest BCUT2D eigenvalue weighted by Crippen LogP contribution is -2.25. The van der Waals surface area contributed by atoms with E-state index in [2.05, 4.69) is 5.32 Å². The molecule has 15 heavy (non-hydrogen) atoms. The Morgan fingerprint density at radius 2 is 2.07 bits per heavy atom. The fraction of sp³-hybridized carbons (Fsp3) is 0.364. The highest BCUT2D eigenvalue weighted by atomic mass is 16.5. The minimum Gasteiger partial charge on any atom is -0.494 e. The first-order chi connectivity index (χ1) is 7.26. The molecule has 1 rings (SSSR count). The highest BCUT2D eigenvalue weighted by Gasteiger charge is 1.98. The Morgan fingerprint density at radius 3 is 2.60 bits per heavy atom. The van der Waals surface area contributed by atoms with Crippen molar-refractivity contribution in [3.8, 4) is 5.75 Å². The van der Waals surface area contributed by atoms with Gasteiger partial charge in [0, 0.05) is 6.54 Å². The predicted molar refractivity (Wildman–Crippen MR) is 56.5 cm³/mol. The number of benzene rings is 1. The van der Waals surface area contributed by atoms with Crippen LogP contribution in [0.4, 0.5) is 0 Å². The summed E-state index contributed by atoms with van der Waals surface area (Å²) < 4.78 is 5.28. The summed E-state index contributed by atoms with van der Waals surface area (Å²) in [7, 11) is 0. The fourth-order valence-electron chi connectivity index (χ4n) is 1.13. The number of rotatable bonds is 5. The van der Waals surface area contributed by atoms with Gasteiger partial charge in [0.2, 0.25) is 5.91 Å². The van der Waals surface area contributed by atoms with Gasteiger partial charge in [-0.3, -0.25) is 4.79 Å². The Morgan fingerprint density at radius 1 is 1.40 bits per heavy atom. The van der Waals surface area contributed by atoms with Crippen molar-refractivity contribution in [3.63, 3.8) is 0 Å². The van der Waals surface area contributed by atoms with Crippen molar-refractivity contribution in [1.29, 1.82) is 0 Å². The van der Waals surface area contributed by atoms with Crippen LogP contribution in [0.2, 0.25) is 0 Å². The van der Waals surface area contributed by atoms with Crippen molar-refractivity contribution in [3.05, 3.63) is 29.8 Å². The van der Waals surface area contributed by atoms with Crippen LogP contribution in [0.3, 0.4) is 0 Å². The molecule has 4 nitrogen and oxygen atoms in total. The van der Waals surface area contributed by atoms with E-state index in [0.717, 1.165) is 11.3 Å². The molecule has 0 radical (unpaired) electrons. The van der Waals surface area contributed by atoms with Crippen LogP contribution in [0.1, 0.15) is 12.5 Å². The summed E-state index contributed by atoms with van der Waals surface area (Å²) in [5.74, 6) is 0.443. The molecule has 1 amide bonds. The van der Waals surface area contributed by atoms with Gasteiger partial charge >= 0.3 is 0 Å². The Kier molecular flexibility index (Phi) is 4.63. The van der Waals surface area contributed by atoms with Gasteiger partial charge in [0.05, 0.1) is 6.61 Å². The third-order valence-corrected chi connectivity index (χ3v) is 1.87. The van der Waals surface area contributed by atoms with Gasteiger partial charge in [0.1, 0.15) is 12.4 Å². The molecule has 0 aliphatic carbocycles. The average Bonchev–Trinajstić information content (AvgIpc) is 2.28. The molecule has 0 aromatic heterocycles. The molecule has 2 N–H and O–H groups in total. The molecule has 0 bridgehead atoms. The highest BCUT2D eigenvalue weighted by Crippen LogP contribution is 2.11. The zero-order valence-electron chi connectivity index (χ0n) is 8.69. The summed E-state index contributed by atoms with van der Waals surface area (Å²) in [5, 5.41) is 11.1. The Bertz CT molecular complexity index is 308. The van der Waals surface area contributed by atoms with Crippen LogP contribution in [0.25, 0.3) is 0 Å². The predicted octanol–water partition coefficient (Wildman–Crippen LogP) is 0.694. The number of carbonyl (C=O) groups excluding carboxylic acids is 1. The summed E-state index contributed by atoms with van der Waals surface area (Å²) in [6, 6.07) is 7.46. The molecule has 0 atom stereocenters. The van der Waals surface area contributed by atoms with Gasteiger partial charge in [0.15, 0.2) is 0 Å². The summed E-state index contributed by atoms with van der Waals surface area (Å²) in [4.78, 5) is 10.8. The molecule has 1 aromatic rings. The van der Waals surface area contributed by atoms with Crippen molar-refractivity contribution >= 4 is 5.91 Å². The Labute approximate surface area is 88.9 Å². The first-order valence-electron chi connectivity index (χ1n) is 4.85. The van der Waals surface area contributed by atoms with Gasteiger partial charge in [-0.2, -0.15) is 0 Å². The number of aliphatic hydroxyl groups is 1. The topological polar surface area (TPSA) is 58.6 Å². The minimum atomic E-state index is -0.475. The maximum Gasteiger partial charge on any atom is 0.245 e. The summed E-state index contributed by atoms with van der Waals surface area (Å²) >= 11 is 0. The fourth-order valence-corrected chi connectivity index (χ4v) is 1.13. The number of hydrogen-bond acceptors (Lipinski definition) is 3. The van der Waals surface area contributed by atoms with Crippen LogP contribution >= 0.6 is 0 Å². The van der Waals surface area contributed by atoms with Crippen LogP contribution < -0.4 is 10.1 Å². The average molecular weight is 209 g/mol. The second-order valence-corrected chi connectivity index (χ2v) is 3.01. The molecule has 0 saturated heterocycles. The molecule has 0 unspecified atom stereocenters. The number of aliphatic hydroxyl groups excluding tert-OH is 1. The van der Waals surface area contributed by atoms with E-state index in [1.165, 1.54) is 0 Å². The van der Waals surface area contributed by atoms with Crippen molar-refractivity contribution in [2.75, 3.05) is 13.2 Å². The second kappa shape index (κ2) is 6.03. The van der Waals surface area contributed by atoms with E-state index in [1.807, 2.05) is 31.2 Å². The molecule has 0 aliphatic heterocycles. The molecule has 4 heteroatoms. The van der Waals surface area contributed by atoms with Gasteiger partial charge in [-0.05, 0) is 24.6 Å². The Balaban J connectivity index is 2.45. The van der Waals surface area contributed by atoms with Gasteiger partial charge in [-0.15, -0.1) is 0 Å². The molecular formula is C11H15NO3. The normalized spacial score (nSPS) is 9.73. The van der Waals surface area contributed by atoms with E-state index in [1.54, 1.807) is 0 Å². The van der Waals surface area contributed by atoms with Crippen LogP contribution in [0.5, 0.6) is 5.75 Å². The van der Waals surface area contributed by atoms with Crippen LogP contribution in [-0.4, -0.2) is 24.2 Å². The monoisotopic (exact) mass is 209 g/mol. The molecule has 0 heterocycles. The van der Waals surface area contributed by atoms with Crippen molar-refractivity contribution in [2.45, 2.75) is 13.5 Å². The van der Waals surface area contributed by atoms with Gasteiger partial charge in [-0.1, -0.05) is 12.1 Å². The number of nitrogens with one attached hydrogen (secondary N) is 1. The highest BCUT2D eigenvalue weighted by molar-refractivity contribution is 5.76. The van der Waals surface area contributed by atoms with E-state index in [-0.39, 0.29) is 5.91 Å². The van der Waals surface area contributed by atoms with Gasteiger partial charge < -0.3 is 15.2 Å². The van der Waals surface area contributed by atoms with Crippen LogP contribution in [0.15, 0.2) is 24.3 Å². The third-order valence-electron chi connectivity index (χ3n) is 1.87. The molecule has 1 aromatic carbocycles. The minimum absolute atomic E-state index is 0.371. The van der Waals surface area contributed by atoms with Crippen LogP contribution in [0, 0.1) is 0 Å². The summed E-state index contributed by atoms with van der Waals surface area (Å²) in [6.07, 6.45) is 0. The van der Waals surface area contributed by atoms with Crippen LogP contribution in [-0.2, 0) is 11.3 Å². The molecular weight excluding hydrogens is 194 g/mol. The second-order valence-electron chi connectivity index (χ2n) is 3.01. The van der Waals surface area contributed by atoms with E-state index in [9.17, 15) is 4.79 Å². The molecule has 0 fully saturated rings. The number of amides is 1. The smallest absolute Gasteiger partial charge is 0.245 e. The lowest BCUT2D eigenvalue weighted by atomic mass is 10.2. The summed E-state index contributed by atoms with van der Waals surface area (Å²) in [6.45, 7) is 2.51. The van der Waals surface area contributed by atoms with Crippen molar-refractivity contribution in [1.82, 2.24) is 5.32 Å². The standard InChI is InChI=1S/C11H15NO3/c1-2-15-10-5-3-9(4-6-10)7-12-11(14)8-13/h3-6,13H,2,7-8H2,1H3,(H,12,14). The van der Waals surface area contributed by atoms with Crippen molar-refractivity contribution < 1.29 is 14.6 Å². The zero-order chi connectivity index (χ0) is 11.1. The quantitative estimate of drug-likeness (QED) is 0.750. The zero-order valence-corrected chi connectivity index (χ0v) is 8.69. The van der Waals surface area contributed by atoms with E-state index in [0.29, 0.717) is 13.2 Å². The maximum atomic E-state index is 10.8. The number of ether oxygens (including phenoxy) is 1. The van der Waals surface area contributed by atoms with E-state index >= 15 is 0 Å². The largest absolute Gasteiger partial charge is 0.494 e. The van der Waals surface area contributed by atoms with Gasteiger partial charge in [0.25, 0.3) is 0 Å². The Hall–Kier alpha value is -1.55. The first-order valence-corrected chi connectivity index (χ1v) is 4.85. The molecule has 0 aliphatic rings. The third kappa shape index (κ3) is 3.99.